The molecule has 37 heavy (non-hydrogen) atoms. The van der Waals surface area contributed by atoms with Gasteiger partial charge in [0.05, 0.1) is 12.6 Å². The number of ether oxygens (including phenoxy) is 1. The summed E-state index contributed by atoms with van der Waals surface area (Å²) in [5.41, 5.74) is 0.391. The first-order chi connectivity index (χ1) is 17.7. The maximum absolute atomic E-state index is 13.2. The zero-order chi connectivity index (χ0) is 26.2. The number of hydrogen-bond acceptors (Lipinski definition) is 5. The van der Waals surface area contributed by atoms with E-state index in [-0.39, 0.29) is 41.8 Å². The van der Waals surface area contributed by atoms with Gasteiger partial charge in [-0.15, -0.1) is 11.3 Å². The Balaban J connectivity index is 1.18. The summed E-state index contributed by atoms with van der Waals surface area (Å²) in [5, 5.41) is 7.76. The first-order valence-corrected chi connectivity index (χ1v) is 13.9. The van der Waals surface area contributed by atoms with E-state index in [1.54, 1.807) is 40.5 Å². The zero-order valence-electron chi connectivity index (χ0n) is 20.6. The molecule has 3 aromatic rings. The molecule has 7 nitrogen and oxygen atoms in total. The fourth-order valence-electron chi connectivity index (χ4n) is 4.94. The van der Waals surface area contributed by atoms with Crippen LogP contribution in [0.25, 0.3) is 0 Å². The average molecular weight is 583 g/mol. The number of thiophene rings is 1. The van der Waals surface area contributed by atoms with Gasteiger partial charge in [0, 0.05) is 26.3 Å². The Morgan fingerprint density at radius 1 is 1.11 bits per heavy atom. The third kappa shape index (κ3) is 5.57. The van der Waals surface area contributed by atoms with E-state index < -0.39 is 6.04 Å². The van der Waals surface area contributed by atoms with Gasteiger partial charge in [-0.3, -0.25) is 14.4 Å². The summed E-state index contributed by atoms with van der Waals surface area (Å²) in [6, 6.07) is 17.5. The molecule has 192 valence electrons. The number of nitrogens with one attached hydrogen (secondary N) is 2. The number of likely N-dealkylation sites (tertiary alicyclic amines) is 1. The second kappa shape index (κ2) is 10.3. The van der Waals surface area contributed by atoms with Gasteiger partial charge in [-0.05, 0) is 83.6 Å². The number of amides is 3. The van der Waals surface area contributed by atoms with Crippen LogP contribution in [0, 0.1) is 5.41 Å². The lowest BCUT2D eigenvalue weighted by atomic mass is 10.0. The van der Waals surface area contributed by atoms with Gasteiger partial charge < -0.3 is 20.3 Å². The second-order valence-electron chi connectivity index (χ2n) is 9.91. The fraction of sp³-hybridized carbons (Fsp3) is 0.321. The maximum atomic E-state index is 13.2. The number of carbonyl (C=O) groups is 3. The summed E-state index contributed by atoms with van der Waals surface area (Å²) >= 11 is 5.02. The molecule has 5 rings (SSSR count). The highest BCUT2D eigenvalue weighted by atomic mass is 79.9. The van der Waals surface area contributed by atoms with E-state index in [4.69, 9.17) is 4.74 Å². The predicted molar refractivity (Wildman–Crippen MR) is 146 cm³/mol. The van der Waals surface area contributed by atoms with Crippen LogP contribution in [0.15, 0.2) is 70.5 Å². The van der Waals surface area contributed by atoms with Gasteiger partial charge in [0.25, 0.3) is 5.91 Å². The van der Waals surface area contributed by atoms with Crippen LogP contribution >= 0.6 is 27.3 Å². The van der Waals surface area contributed by atoms with Gasteiger partial charge >= 0.3 is 0 Å². The Hall–Kier alpha value is -3.17. The van der Waals surface area contributed by atoms with E-state index in [9.17, 15) is 14.4 Å². The van der Waals surface area contributed by atoms with Crippen molar-refractivity contribution in [2.75, 3.05) is 6.54 Å². The topological polar surface area (TPSA) is 87.7 Å². The highest BCUT2D eigenvalue weighted by molar-refractivity contribution is 9.10. The van der Waals surface area contributed by atoms with E-state index in [2.05, 4.69) is 33.5 Å². The van der Waals surface area contributed by atoms with Crippen LogP contribution in [0.1, 0.15) is 48.0 Å². The molecule has 2 fully saturated rings. The lowest BCUT2D eigenvalue weighted by Crippen LogP contribution is -2.51. The number of para-hydroxylation sites is 1. The highest BCUT2D eigenvalue weighted by Gasteiger charge is 2.64. The molecule has 1 unspecified atom stereocenters. The predicted octanol–water partition coefficient (Wildman–Crippen LogP) is 5.29. The smallest absolute Gasteiger partial charge is 0.251 e. The molecule has 0 bridgehead atoms. The molecule has 1 saturated heterocycles. The van der Waals surface area contributed by atoms with Crippen molar-refractivity contribution in [2.45, 2.75) is 44.8 Å². The minimum atomic E-state index is -0.534. The molecule has 0 spiro atoms. The molecule has 9 heteroatoms. The third-order valence-electron chi connectivity index (χ3n) is 7.09. The first-order valence-electron chi connectivity index (χ1n) is 12.2. The van der Waals surface area contributed by atoms with E-state index in [1.807, 2.05) is 48.7 Å². The summed E-state index contributed by atoms with van der Waals surface area (Å²) < 4.78 is 6.74. The highest BCUT2D eigenvalue weighted by Crippen LogP contribution is 2.59. The molecule has 2 heterocycles. The van der Waals surface area contributed by atoms with Gasteiger partial charge in [0.2, 0.25) is 11.8 Å². The first kappa shape index (κ1) is 25.5. The molecular weight excluding hydrogens is 554 g/mol. The Labute approximate surface area is 228 Å². The van der Waals surface area contributed by atoms with Crippen LogP contribution in [0.4, 0.5) is 0 Å². The molecule has 2 aromatic carbocycles. The van der Waals surface area contributed by atoms with Crippen LogP contribution < -0.4 is 15.4 Å². The van der Waals surface area contributed by atoms with Crippen molar-refractivity contribution in [3.8, 4) is 11.5 Å². The molecule has 1 saturated carbocycles. The van der Waals surface area contributed by atoms with Crippen LogP contribution in [-0.4, -0.2) is 41.2 Å². The van der Waals surface area contributed by atoms with Crippen molar-refractivity contribution in [2.24, 2.45) is 5.41 Å². The SMILES string of the molecule is CC(NC(=O)[C@@H]1C[C@]2(C)C[C@@H]2N1C(=O)CNC(=O)c1ccc(Oc2ccccc2)cc1)c1cc(Br)cs1. The van der Waals surface area contributed by atoms with Crippen molar-refractivity contribution in [1.82, 2.24) is 15.5 Å². The second-order valence-corrected chi connectivity index (χ2v) is 11.8. The van der Waals surface area contributed by atoms with Crippen molar-refractivity contribution in [3.63, 3.8) is 0 Å². The van der Waals surface area contributed by atoms with Gasteiger partial charge in [0.15, 0.2) is 0 Å². The summed E-state index contributed by atoms with van der Waals surface area (Å²) in [7, 11) is 0. The molecule has 1 aliphatic heterocycles. The molecule has 2 N–H and O–H groups in total. The number of carbonyl (C=O) groups excluding carboxylic acids is 3. The van der Waals surface area contributed by atoms with E-state index in [0.717, 1.165) is 15.8 Å². The average Bonchev–Trinajstić information content (AvgIpc) is 3.20. The van der Waals surface area contributed by atoms with Gasteiger partial charge in [-0.1, -0.05) is 25.1 Å². The number of benzene rings is 2. The number of hydrogen-bond donors (Lipinski definition) is 2. The molecular formula is C28H28BrN3O4S. The van der Waals surface area contributed by atoms with Gasteiger partial charge in [-0.25, -0.2) is 0 Å². The lowest BCUT2D eigenvalue weighted by molar-refractivity contribution is -0.139. The molecule has 4 atom stereocenters. The Morgan fingerprint density at radius 3 is 2.49 bits per heavy atom. The van der Waals surface area contributed by atoms with Crippen LogP contribution in [0.2, 0.25) is 0 Å². The zero-order valence-corrected chi connectivity index (χ0v) is 23.0. The van der Waals surface area contributed by atoms with Crippen molar-refractivity contribution >= 4 is 45.0 Å². The molecule has 0 radical (unpaired) electrons. The number of piperidine rings is 1. The molecule has 1 aromatic heterocycles. The monoisotopic (exact) mass is 581 g/mol. The number of halogens is 1. The molecule has 2 aliphatic rings. The Morgan fingerprint density at radius 2 is 1.81 bits per heavy atom. The minimum absolute atomic E-state index is 0.0354. The maximum Gasteiger partial charge on any atom is 0.251 e. The lowest BCUT2D eigenvalue weighted by Gasteiger charge is -2.28. The fourth-order valence-corrected chi connectivity index (χ4v) is 6.40. The summed E-state index contributed by atoms with van der Waals surface area (Å²) in [6.07, 6.45) is 1.51. The minimum Gasteiger partial charge on any atom is -0.457 e. The van der Waals surface area contributed by atoms with Gasteiger partial charge in [-0.2, -0.15) is 0 Å². The summed E-state index contributed by atoms with van der Waals surface area (Å²) in [4.78, 5) is 41.8. The normalized spacial score (nSPS) is 22.6. The quantitative estimate of drug-likeness (QED) is 0.378. The van der Waals surface area contributed by atoms with Crippen LogP contribution in [0.3, 0.4) is 0 Å². The summed E-state index contributed by atoms with van der Waals surface area (Å²) in [5.74, 6) is 0.575. The van der Waals surface area contributed by atoms with Crippen molar-refractivity contribution in [3.05, 3.63) is 81.0 Å². The van der Waals surface area contributed by atoms with Crippen molar-refractivity contribution < 1.29 is 19.1 Å². The molecule has 1 aliphatic carbocycles. The summed E-state index contributed by atoms with van der Waals surface area (Å²) in [6.45, 7) is 3.89. The number of nitrogens with zero attached hydrogens (tertiary/aromatic N) is 1. The van der Waals surface area contributed by atoms with Gasteiger partial charge in [0.1, 0.15) is 17.5 Å². The Kier molecular flexibility index (Phi) is 7.09. The van der Waals surface area contributed by atoms with Crippen LogP contribution in [0.5, 0.6) is 11.5 Å². The van der Waals surface area contributed by atoms with Crippen molar-refractivity contribution in [1.29, 1.82) is 0 Å². The van der Waals surface area contributed by atoms with Crippen LogP contribution in [-0.2, 0) is 9.59 Å². The van der Waals surface area contributed by atoms with E-state index in [0.29, 0.717) is 23.5 Å². The largest absolute Gasteiger partial charge is 0.457 e. The van der Waals surface area contributed by atoms with E-state index >= 15 is 0 Å². The van der Waals surface area contributed by atoms with E-state index in [1.165, 1.54) is 0 Å². The molecule has 3 amide bonds. The third-order valence-corrected chi connectivity index (χ3v) is 8.97. The number of fused-ring (bicyclic) bond motifs is 1. The standard InChI is InChI=1S/C28H28BrN3O4S/c1-17(23-12-19(29)16-37-23)31-27(35)22-13-28(2)14-24(28)32(22)25(33)15-30-26(34)18-8-10-21(11-9-18)36-20-6-4-3-5-7-20/h3-12,16-17,22,24H,13-15H2,1-2H3,(H,30,34)(H,31,35)/t17?,22-,24-,28+/m0/s1. The Bertz CT molecular complexity index is 1310. The number of rotatable bonds is 8.